The summed E-state index contributed by atoms with van der Waals surface area (Å²) in [6.45, 7) is 5.71. The molecule has 1 spiro atoms. The average molecular weight is 193 g/mol. The van der Waals surface area contributed by atoms with E-state index in [9.17, 15) is 0 Å². The van der Waals surface area contributed by atoms with Crippen molar-refractivity contribution in [3.63, 3.8) is 0 Å². The molecule has 3 N–H and O–H groups in total. The van der Waals surface area contributed by atoms with Gasteiger partial charge in [0.05, 0.1) is 12.1 Å². The summed E-state index contributed by atoms with van der Waals surface area (Å²) in [5, 5.41) is 3.44. The summed E-state index contributed by atoms with van der Waals surface area (Å²) in [6.07, 6.45) is 3.98. The van der Waals surface area contributed by atoms with E-state index in [0.717, 1.165) is 18.4 Å². The van der Waals surface area contributed by atoms with Crippen molar-refractivity contribution in [1.82, 2.24) is 5.32 Å². The number of hydrogen-bond donors (Lipinski definition) is 2. The zero-order valence-electron chi connectivity index (χ0n) is 9.01. The number of nitrogens with two attached hydrogens (primary N) is 1. The molecule has 0 aromatic heterocycles. The second kappa shape index (κ2) is 2.26. The number of fused-ring (bicyclic) bond motifs is 1. The van der Waals surface area contributed by atoms with E-state index in [1.165, 1.54) is 19.3 Å². The molecular weight excluding hydrogens is 174 g/mol. The Kier molecular flexibility index (Phi) is 1.38. The van der Waals surface area contributed by atoms with Gasteiger partial charge in [0.1, 0.15) is 0 Å². The molecule has 78 valence electrons. The molecule has 0 saturated heterocycles. The first-order valence-corrected chi connectivity index (χ1v) is 5.63. The van der Waals surface area contributed by atoms with Gasteiger partial charge in [0.25, 0.3) is 0 Å². The highest BCUT2D eigenvalue weighted by Crippen LogP contribution is 2.63. The minimum atomic E-state index is 0.225. The van der Waals surface area contributed by atoms with E-state index in [2.05, 4.69) is 24.2 Å². The van der Waals surface area contributed by atoms with Gasteiger partial charge in [-0.15, -0.1) is 0 Å². The molecular formula is C11H19N3. The molecule has 0 amide bonds. The van der Waals surface area contributed by atoms with Gasteiger partial charge in [-0.2, -0.15) is 0 Å². The Morgan fingerprint density at radius 1 is 1.50 bits per heavy atom. The number of guanidine groups is 1. The Morgan fingerprint density at radius 3 is 2.79 bits per heavy atom. The van der Waals surface area contributed by atoms with Crippen LogP contribution in [0.15, 0.2) is 4.99 Å². The summed E-state index contributed by atoms with van der Waals surface area (Å²) in [7, 11) is 0. The van der Waals surface area contributed by atoms with Gasteiger partial charge in [-0.25, -0.2) is 0 Å². The summed E-state index contributed by atoms with van der Waals surface area (Å²) in [5.41, 5.74) is 6.48. The first-order chi connectivity index (χ1) is 6.55. The third-order valence-electron chi connectivity index (χ3n) is 4.99. The van der Waals surface area contributed by atoms with E-state index < -0.39 is 0 Å². The van der Waals surface area contributed by atoms with E-state index in [1.807, 2.05) is 0 Å². The molecule has 4 aliphatic rings. The lowest BCUT2D eigenvalue weighted by Gasteiger charge is -2.64. The van der Waals surface area contributed by atoms with E-state index in [4.69, 9.17) is 5.73 Å². The molecule has 14 heavy (non-hydrogen) atoms. The van der Waals surface area contributed by atoms with Crippen LogP contribution in [0.5, 0.6) is 0 Å². The van der Waals surface area contributed by atoms with Crippen LogP contribution in [0, 0.1) is 17.3 Å². The van der Waals surface area contributed by atoms with Crippen molar-refractivity contribution in [3.05, 3.63) is 0 Å². The summed E-state index contributed by atoms with van der Waals surface area (Å²) < 4.78 is 0. The van der Waals surface area contributed by atoms with Crippen LogP contribution in [0.4, 0.5) is 0 Å². The summed E-state index contributed by atoms with van der Waals surface area (Å²) in [6, 6.07) is 0. The molecule has 0 radical (unpaired) electrons. The highest BCUT2D eigenvalue weighted by Gasteiger charge is 2.62. The third-order valence-corrected chi connectivity index (χ3v) is 4.99. The normalized spacial score (nSPS) is 48.3. The van der Waals surface area contributed by atoms with Crippen LogP contribution in [0.2, 0.25) is 0 Å². The first kappa shape index (κ1) is 8.57. The number of hydrogen-bond acceptors (Lipinski definition) is 3. The second-order valence-corrected chi connectivity index (χ2v) is 5.83. The predicted molar refractivity (Wildman–Crippen MR) is 57.0 cm³/mol. The molecule has 3 atom stereocenters. The number of aliphatic imine (C=N–C) groups is 1. The molecule has 2 bridgehead atoms. The Morgan fingerprint density at radius 2 is 2.29 bits per heavy atom. The first-order valence-electron chi connectivity index (χ1n) is 5.63. The van der Waals surface area contributed by atoms with Crippen LogP contribution in [0.3, 0.4) is 0 Å². The summed E-state index contributed by atoms with van der Waals surface area (Å²) in [5.74, 6) is 2.38. The lowest BCUT2D eigenvalue weighted by Crippen LogP contribution is -2.67. The third kappa shape index (κ3) is 0.812. The van der Waals surface area contributed by atoms with Crippen molar-refractivity contribution in [1.29, 1.82) is 0 Å². The lowest BCUT2D eigenvalue weighted by atomic mass is 9.43. The van der Waals surface area contributed by atoms with Crippen molar-refractivity contribution in [2.45, 2.75) is 38.6 Å². The molecule has 3 unspecified atom stereocenters. The molecule has 0 aromatic carbocycles. The topological polar surface area (TPSA) is 50.4 Å². The van der Waals surface area contributed by atoms with E-state index in [1.54, 1.807) is 0 Å². The minimum Gasteiger partial charge on any atom is -0.370 e. The Hall–Kier alpha value is -0.730. The quantitative estimate of drug-likeness (QED) is 0.605. The zero-order valence-corrected chi connectivity index (χ0v) is 9.01. The molecule has 0 aromatic rings. The molecule has 3 nitrogen and oxygen atoms in total. The molecule has 3 aliphatic carbocycles. The molecule has 3 heteroatoms. The smallest absolute Gasteiger partial charge is 0.189 e. The maximum atomic E-state index is 5.75. The van der Waals surface area contributed by atoms with E-state index in [-0.39, 0.29) is 5.54 Å². The van der Waals surface area contributed by atoms with Crippen LogP contribution in [0.1, 0.15) is 33.1 Å². The van der Waals surface area contributed by atoms with Gasteiger partial charge in [0.15, 0.2) is 5.96 Å². The van der Waals surface area contributed by atoms with E-state index in [0.29, 0.717) is 11.4 Å². The van der Waals surface area contributed by atoms with Crippen molar-refractivity contribution in [3.8, 4) is 0 Å². The van der Waals surface area contributed by atoms with Crippen molar-refractivity contribution in [2.75, 3.05) is 6.54 Å². The largest absolute Gasteiger partial charge is 0.370 e. The van der Waals surface area contributed by atoms with Crippen LogP contribution < -0.4 is 11.1 Å². The number of nitrogens with zero attached hydrogens (tertiary/aromatic N) is 1. The monoisotopic (exact) mass is 193 g/mol. The second-order valence-electron chi connectivity index (χ2n) is 5.83. The molecule has 1 heterocycles. The fourth-order valence-corrected chi connectivity index (χ4v) is 3.95. The number of nitrogens with one attached hydrogen (secondary N) is 1. The van der Waals surface area contributed by atoms with E-state index >= 15 is 0 Å². The lowest BCUT2D eigenvalue weighted by molar-refractivity contribution is -0.118. The minimum absolute atomic E-state index is 0.225. The van der Waals surface area contributed by atoms with Gasteiger partial charge in [0.2, 0.25) is 0 Å². The summed E-state index contributed by atoms with van der Waals surface area (Å²) in [4.78, 5) is 4.34. The molecule has 1 aliphatic heterocycles. The SMILES string of the molecule is CC1(C)C2CCC3(CN=C(N)N3)C1C2. The molecule has 4 rings (SSSR count). The van der Waals surface area contributed by atoms with Gasteiger partial charge >= 0.3 is 0 Å². The fourth-order valence-electron chi connectivity index (χ4n) is 3.95. The van der Waals surface area contributed by atoms with Crippen LogP contribution in [0.25, 0.3) is 0 Å². The fraction of sp³-hybridized carbons (Fsp3) is 0.909. The predicted octanol–water partition coefficient (Wildman–Crippen LogP) is 1.10. The van der Waals surface area contributed by atoms with Gasteiger partial charge in [-0.3, -0.25) is 4.99 Å². The van der Waals surface area contributed by atoms with Crippen LogP contribution in [-0.2, 0) is 0 Å². The van der Waals surface area contributed by atoms with Gasteiger partial charge < -0.3 is 11.1 Å². The summed E-state index contributed by atoms with van der Waals surface area (Å²) >= 11 is 0. The maximum Gasteiger partial charge on any atom is 0.189 e. The van der Waals surface area contributed by atoms with Crippen LogP contribution in [-0.4, -0.2) is 18.0 Å². The molecule has 3 fully saturated rings. The van der Waals surface area contributed by atoms with Gasteiger partial charge in [-0.1, -0.05) is 13.8 Å². The average Bonchev–Trinajstić information content (AvgIpc) is 2.47. The highest BCUT2D eigenvalue weighted by atomic mass is 15.2. The standard InChI is InChI=1S/C11H19N3/c1-10(2)7-3-4-11(8(10)5-7)6-13-9(12)14-11/h7-8H,3-6H2,1-2H3,(H3,12,13,14). The van der Waals surface area contributed by atoms with Gasteiger partial charge in [0, 0.05) is 0 Å². The van der Waals surface area contributed by atoms with Crippen LogP contribution >= 0.6 is 0 Å². The van der Waals surface area contributed by atoms with Crippen molar-refractivity contribution in [2.24, 2.45) is 28.0 Å². The van der Waals surface area contributed by atoms with Gasteiger partial charge in [-0.05, 0) is 36.5 Å². The Balaban J connectivity index is 1.89. The zero-order chi connectivity index (χ0) is 9.97. The number of rotatable bonds is 0. The maximum absolute atomic E-state index is 5.75. The van der Waals surface area contributed by atoms with Crippen molar-refractivity contribution < 1.29 is 0 Å². The van der Waals surface area contributed by atoms with Crippen molar-refractivity contribution >= 4 is 5.96 Å². The highest BCUT2D eigenvalue weighted by molar-refractivity contribution is 5.81. The Bertz CT molecular complexity index is 306. The molecule has 3 saturated carbocycles. The Labute approximate surface area is 85.2 Å².